The first-order valence-electron chi connectivity index (χ1n) is 7.73. The highest BCUT2D eigenvalue weighted by atomic mass is 32.2. The summed E-state index contributed by atoms with van der Waals surface area (Å²) in [5.41, 5.74) is 10.3. The van der Waals surface area contributed by atoms with E-state index in [1.54, 1.807) is 19.3 Å². The number of allylic oxidation sites excluding steroid dienone is 1. The lowest BCUT2D eigenvalue weighted by Crippen LogP contribution is -2.22. The predicted octanol–water partition coefficient (Wildman–Crippen LogP) is 2.05. The monoisotopic (exact) mass is 358 g/mol. The summed E-state index contributed by atoms with van der Waals surface area (Å²) in [4.78, 5) is 3.91. The lowest BCUT2D eigenvalue weighted by Gasteiger charge is -2.14. The van der Waals surface area contributed by atoms with Gasteiger partial charge in [-0.05, 0) is 29.3 Å². The molecular weight excluding hydrogens is 336 g/mol. The van der Waals surface area contributed by atoms with E-state index in [2.05, 4.69) is 10.3 Å². The van der Waals surface area contributed by atoms with Crippen LogP contribution < -0.4 is 16.2 Å². The maximum absolute atomic E-state index is 11.1. The van der Waals surface area contributed by atoms with Crippen molar-refractivity contribution in [3.05, 3.63) is 60.2 Å². The highest BCUT2D eigenvalue weighted by molar-refractivity contribution is 7.89. The molecule has 5 N–H and O–H groups in total. The first-order chi connectivity index (χ1) is 11.9. The molecule has 0 aromatic heterocycles. The second kappa shape index (κ2) is 8.46. The van der Waals surface area contributed by atoms with Gasteiger partial charge in [0, 0.05) is 36.8 Å². The number of hydrogen-bond acceptors (Lipinski definition) is 5. The van der Waals surface area contributed by atoms with Gasteiger partial charge in [0.25, 0.3) is 0 Å². The fourth-order valence-corrected chi connectivity index (χ4v) is 2.71. The summed E-state index contributed by atoms with van der Waals surface area (Å²) < 4.78 is 22.2. The number of primary sulfonamides is 1. The number of nitrogens with one attached hydrogen (secondary N) is 1. The number of nitrogens with zero attached hydrogens (tertiary/aromatic N) is 1. The SMILES string of the molecule is CN=C/C=C(\N)c1cc(-c2ccccc2)ccc1NCCS(N)(=O)=O. The first kappa shape index (κ1) is 18.7. The Morgan fingerprint density at radius 3 is 2.52 bits per heavy atom. The molecular formula is C18H22N4O2S. The molecule has 0 amide bonds. The zero-order valence-electron chi connectivity index (χ0n) is 14.0. The summed E-state index contributed by atoms with van der Waals surface area (Å²) >= 11 is 0. The molecule has 132 valence electrons. The molecule has 0 saturated heterocycles. The standard InChI is InChI=1S/C18H22N4O2S/c1-21-10-9-17(19)16-13-15(14-5-3-2-4-6-14)7-8-18(16)22-11-12-25(20,23)24/h2-10,13,22H,11-12,19H2,1H3,(H2,20,23,24)/b17-9-,21-10?. The van der Waals surface area contributed by atoms with E-state index in [1.807, 2.05) is 48.5 Å². The third kappa shape index (κ3) is 5.74. The van der Waals surface area contributed by atoms with Gasteiger partial charge in [-0.2, -0.15) is 0 Å². The van der Waals surface area contributed by atoms with Crippen molar-refractivity contribution in [1.29, 1.82) is 0 Å². The smallest absolute Gasteiger partial charge is 0.210 e. The minimum Gasteiger partial charge on any atom is -0.398 e. The summed E-state index contributed by atoms with van der Waals surface area (Å²) in [6, 6.07) is 15.7. The van der Waals surface area contributed by atoms with Gasteiger partial charge in [-0.1, -0.05) is 36.4 Å². The average molecular weight is 358 g/mol. The van der Waals surface area contributed by atoms with Crippen molar-refractivity contribution in [2.45, 2.75) is 0 Å². The Balaban J connectivity index is 2.37. The number of hydrogen-bond donors (Lipinski definition) is 3. The van der Waals surface area contributed by atoms with Crippen molar-refractivity contribution >= 4 is 27.6 Å². The minimum atomic E-state index is -3.52. The van der Waals surface area contributed by atoms with Gasteiger partial charge < -0.3 is 11.1 Å². The Morgan fingerprint density at radius 1 is 1.16 bits per heavy atom. The van der Waals surface area contributed by atoms with Crippen molar-refractivity contribution < 1.29 is 8.42 Å². The minimum absolute atomic E-state index is 0.160. The fourth-order valence-electron chi connectivity index (χ4n) is 2.32. The molecule has 0 bridgehead atoms. The Labute approximate surface area is 148 Å². The van der Waals surface area contributed by atoms with Gasteiger partial charge in [-0.15, -0.1) is 0 Å². The van der Waals surface area contributed by atoms with Crippen molar-refractivity contribution in [2.75, 3.05) is 24.7 Å². The van der Waals surface area contributed by atoms with E-state index in [1.165, 1.54) is 0 Å². The Hall–Kier alpha value is -2.64. The number of rotatable bonds is 7. The Morgan fingerprint density at radius 2 is 1.88 bits per heavy atom. The number of aliphatic imine (C=N–C) groups is 1. The van der Waals surface area contributed by atoms with Crippen LogP contribution in [0, 0.1) is 0 Å². The highest BCUT2D eigenvalue weighted by Gasteiger charge is 2.09. The molecule has 6 nitrogen and oxygen atoms in total. The number of anilines is 1. The summed E-state index contributed by atoms with van der Waals surface area (Å²) in [5, 5.41) is 8.12. The van der Waals surface area contributed by atoms with Crippen LogP contribution in [-0.2, 0) is 10.0 Å². The molecule has 0 radical (unpaired) electrons. The van der Waals surface area contributed by atoms with Gasteiger partial charge >= 0.3 is 0 Å². The maximum Gasteiger partial charge on any atom is 0.210 e. The number of sulfonamides is 1. The molecule has 0 spiro atoms. The van der Waals surface area contributed by atoms with Gasteiger partial charge in [0.05, 0.1) is 5.75 Å². The summed E-state index contributed by atoms with van der Waals surface area (Å²) in [7, 11) is -1.86. The van der Waals surface area contributed by atoms with E-state index in [0.29, 0.717) is 5.70 Å². The molecule has 0 unspecified atom stereocenters. The molecule has 2 rings (SSSR count). The average Bonchev–Trinajstić information content (AvgIpc) is 2.59. The summed E-state index contributed by atoms with van der Waals surface area (Å²) in [6.07, 6.45) is 3.31. The van der Waals surface area contributed by atoms with Gasteiger partial charge in [0.2, 0.25) is 10.0 Å². The van der Waals surface area contributed by atoms with E-state index in [0.717, 1.165) is 22.4 Å². The molecule has 25 heavy (non-hydrogen) atoms. The predicted molar refractivity (Wildman–Crippen MR) is 105 cm³/mol. The van der Waals surface area contributed by atoms with Crippen molar-refractivity contribution in [2.24, 2.45) is 15.9 Å². The van der Waals surface area contributed by atoms with Crippen molar-refractivity contribution in [1.82, 2.24) is 0 Å². The van der Waals surface area contributed by atoms with Crippen LogP contribution in [0.15, 0.2) is 59.6 Å². The van der Waals surface area contributed by atoms with E-state index in [9.17, 15) is 8.42 Å². The molecule has 0 heterocycles. The molecule has 0 aliphatic heterocycles. The number of nitrogens with two attached hydrogens (primary N) is 2. The van der Waals surface area contributed by atoms with E-state index < -0.39 is 10.0 Å². The van der Waals surface area contributed by atoms with Crippen LogP contribution in [0.5, 0.6) is 0 Å². The zero-order chi connectivity index (χ0) is 18.3. The quantitative estimate of drug-likeness (QED) is 0.658. The van der Waals surface area contributed by atoms with Gasteiger partial charge in [0.1, 0.15) is 0 Å². The van der Waals surface area contributed by atoms with Crippen molar-refractivity contribution in [3.63, 3.8) is 0 Å². The second-order valence-corrected chi connectivity index (χ2v) is 7.18. The van der Waals surface area contributed by atoms with Gasteiger partial charge in [-0.25, -0.2) is 13.6 Å². The Bertz CT molecular complexity index is 875. The van der Waals surface area contributed by atoms with E-state index >= 15 is 0 Å². The second-order valence-electron chi connectivity index (χ2n) is 5.45. The molecule has 2 aromatic rings. The molecule has 0 saturated carbocycles. The van der Waals surface area contributed by atoms with Gasteiger partial charge in [-0.3, -0.25) is 4.99 Å². The fraction of sp³-hybridized carbons (Fsp3) is 0.167. The molecule has 0 atom stereocenters. The zero-order valence-corrected chi connectivity index (χ0v) is 14.8. The third-order valence-electron chi connectivity index (χ3n) is 3.54. The van der Waals surface area contributed by atoms with Crippen LogP contribution in [0.2, 0.25) is 0 Å². The number of benzene rings is 2. The largest absolute Gasteiger partial charge is 0.398 e. The highest BCUT2D eigenvalue weighted by Crippen LogP contribution is 2.28. The van der Waals surface area contributed by atoms with E-state index in [4.69, 9.17) is 10.9 Å². The third-order valence-corrected chi connectivity index (χ3v) is 4.32. The normalized spacial score (nSPS) is 12.5. The van der Waals surface area contributed by atoms with Crippen LogP contribution >= 0.6 is 0 Å². The van der Waals surface area contributed by atoms with E-state index in [-0.39, 0.29) is 12.3 Å². The molecule has 0 aliphatic rings. The van der Waals surface area contributed by atoms with Crippen LogP contribution in [0.4, 0.5) is 5.69 Å². The topological polar surface area (TPSA) is 111 Å². The Kier molecular flexibility index (Phi) is 6.32. The summed E-state index contributed by atoms with van der Waals surface area (Å²) in [6.45, 7) is 0.200. The van der Waals surface area contributed by atoms with Gasteiger partial charge in [0.15, 0.2) is 0 Å². The van der Waals surface area contributed by atoms with Crippen LogP contribution in [0.3, 0.4) is 0 Å². The molecule has 2 aromatic carbocycles. The maximum atomic E-state index is 11.1. The molecule has 0 fully saturated rings. The lowest BCUT2D eigenvalue weighted by atomic mass is 10.00. The van der Waals surface area contributed by atoms with Crippen LogP contribution in [0.25, 0.3) is 16.8 Å². The molecule has 7 heteroatoms. The van der Waals surface area contributed by atoms with Crippen LogP contribution in [0.1, 0.15) is 5.56 Å². The first-order valence-corrected chi connectivity index (χ1v) is 9.44. The molecule has 0 aliphatic carbocycles. The van der Waals surface area contributed by atoms with Crippen molar-refractivity contribution in [3.8, 4) is 11.1 Å². The van der Waals surface area contributed by atoms with Crippen LogP contribution in [-0.4, -0.2) is 34.0 Å². The lowest BCUT2D eigenvalue weighted by molar-refractivity contribution is 0.598. The summed E-state index contributed by atoms with van der Waals surface area (Å²) in [5.74, 6) is -0.160.